The van der Waals surface area contributed by atoms with Crippen LogP contribution < -0.4 is 10.1 Å². The normalized spacial score (nSPS) is 18.7. The second-order valence-electron chi connectivity index (χ2n) is 7.44. The topological polar surface area (TPSA) is 78.9 Å². The first-order valence-electron chi connectivity index (χ1n) is 9.48. The number of urea groups is 1. The highest BCUT2D eigenvalue weighted by molar-refractivity contribution is 5.79. The van der Waals surface area contributed by atoms with Crippen LogP contribution in [0.2, 0.25) is 0 Å². The Morgan fingerprint density at radius 3 is 2.61 bits per heavy atom. The summed E-state index contributed by atoms with van der Waals surface area (Å²) < 4.78 is 5.84. The van der Waals surface area contributed by atoms with E-state index in [2.05, 4.69) is 5.32 Å². The molecule has 0 spiro atoms. The summed E-state index contributed by atoms with van der Waals surface area (Å²) in [7, 11) is 0. The third kappa shape index (κ3) is 5.03. The van der Waals surface area contributed by atoms with Crippen LogP contribution >= 0.6 is 0 Å². The number of benzene rings is 2. The molecular formula is C22H26N2O4. The quantitative estimate of drug-likeness (QED) is 0.770. The highest BCUT2D eigenvalue weighted by Gasteiger charge is 2.42. The minimum absolute atomic E-state index is 0.207. The van der Waals surface area contributed by atoms with E-state index in [1.807, 2.05) is 54.6 Å². The van der Waals surface area contributed by atoms with E-state index in [0.717, 1.165) is 16.9 Å². The Kier molecular flexibility index (Phi) is 6.19. The van der Waals surface area contributed by atoms with E-state index in [0.29, 0.717) is 32.5 Å². The molecular weight excluding hydrogens is 356 g/mol. The van der Waals surface area contributed by atoms with Gasteiger partial charge in [0, 0.05) is 19.6 Å². The standard InChI is InChI=1S/C22H26N2O4/c1-22(20(25)26)11-13-24(16-22)21(27)23-12-10-17-8-5-9-19(14-17)28-15-18-6-3-2-4-7-18/h2-9,14H,10-13,15-16H2,1H3,(H,23,27)(H,25,26). The number of carboxylic acids is 1. The van der Waals surface area contributed by atoms with Gasteiger partial charge in [0.2, 0.25) is 0 Å². The van der Waals surface area contributed by atoms with Gasteiger partial charge in [-0.15, -0.1) is 0 Å². The van der Waals surface area contributed by atoms with Crippen molar-refractivity contribution in [2.24, 2.45) is 5.41 Å². The predicted molar refractivity (Wildman–Crippen MR) is 106 cm³/mol. The summed E-state index contributed by atoms with van der Waals surface area (Å²) in [6, 6.07) is 17.6. The number of likely N-dealkylation sites (tertiary alicyclic amines) is 1. The van der Waals surface area contributed by atoms with E-state index in [-0.39, 0.29) is 12.6 Å². The number of rotatable bonds is 7. The molecule has 3 rings (SSSR count). The zero-order chi connectivity index (χ0) is 20.0. The van der Waals surface area contributed by atoms with Crippen LogP contribution in [-0.4, -0.2) is 41.6 Å². The van der Waals surface area contributed by atoms with Gasteiger partial charge in [-0.3, -0.25) is 4.79 Å². The molecule has 2 aromatic rings. The van der Waals surface area contributed by atoms with Gasteiger partial charge in [-0.1, -0.05) is 42.5 Å². The maximum Gasteiger partial charge on any atom is 0.317 e. The fourth-order valence-electron chi connectivity index (χ4n) is 3.27. The van der Waals surface area contributed by atoms with Crippen LogP contribution in [0.25, 0.3) is 0 Å². The molecule has 1 atom stereocenters. The van der Waals surface area contributed by atoms with Crippen molar-refractivity contribution < 1.29 is 19.4 Å². The molecule has 148 valence electrons. The summed E-state index contributed by atoms with van der Waals surface area (Å²) in [4.78, 5) is 25.1. The number of aliphatic carboxylic acids is 1. The largest absolute Gasteiger partial charge is 0.489 e. The first kappa shape index (κ1) is 19.7. The Morgan fingerprint density at radius 2 is 1.89 bits per heavy atom. The highest BCUT2D eigenvalue weighted by Crippen LogP contribution is 2.29. The molecule has 6 nitrogen and oxygen atoms in total. The Hall–Kier alpha value is -3.02. The van der Waals surface area contributed by atoms with Crippen LogP contribution in [0.4, 0.5) is 4.79 Å². The SMILES string of the molecule is CC1(C(=O)O)CCN(C(=O)NCCc2cccc(OCc3ccccc3)c2)C1. The van der Waals surface area contributed by atoms with Crippen molar-refractivity contribution in [3.05, 3.63) is 65.7 Å². The molecule has 1 heterocycles. The molecule has 0 aromatic heterocycles. The fourth-order valence-corrected chi connectivity index (χ4v) is 3.27. The molecule has 0 saturated carbocycles. The van der Waals surface area contributed by atoms with Gasteiger partial charge in [-0.25, -0.2) is 4.79 Å². The van der Waals surface area contributed by atoms with Crippen LogP contribution in [-0.2, 0) is 17.8 Å². The van der Waals surface area contributed by atoms with Crippen molar-refractivity contribution >= 4 is 12.0 Å². The molecule has 2 amide bonds. The number of nitrogens with zero attached hydrogens (tertiary/aromatic N) is 1. The maximum absolute atomic E-state index is 12.3. The van der Waals surface area contributed by atoms with Gasteiger partial charge in [0.25, 0.3) is 0 Å². The Balaban J connectivity index is 1.45. The number of nitrogens with one attached hydrogen (secondary N) is 1. The minimum Gasteiger partial charge on any atom is -0.489 e. The molecule has 1 fully saturated rings. The van der Waals surface area contributed by atoms with Gasteiger partial charge in [0.05, 0.1) is 5.41 Å². The van der Waals surface area contributed by atoms with E-state index < -0.39 is 11.4 Å². The van der Waals surface area contributed by atoms with Gasteiger partial charge >= 0.3 is 12.0 Å². The minimum atomic E-state index is -0.852. The maximum atomic E-state index is 12.3. The van der Waals surface area contributed by atoms with Gasteiger partial charge < -0.3 is 20.1 Å². The lowest BCUT2D eigenvalue weighted by atomic mass is 9.90. The Labute approximate surface area is 165 Å². The van der Waals surface area contributed by atoms with Crippen LogP contribution in [0.1, 0.15) is 24.5 Å². The molecule has 1 saturated heterocycles. The number of carbonyl (C=O) groups is 2. The zero-order valence-electron chi connectivity index (χ0n) is 16.1. The van der Waals surface area contributed by atoms with Crippen molar-refractivity contribution in [3.8, 4) is 5.75 Å². The molecule has 1 aliphatic heterocycles. The van der Waals surface area contributed by atoms with Crippen LogP contribution in [0.5, 0.6) is 5.75 Å². The number of hydrogen-bond donors (Lipinski definition) is 2. The predicted octanol–water partition coefficient (Wildman–Crippen LogP) is 3.31. The van der Waals surface area contributed by atoms with Crippen molar-refractivity contribution in [1.29, 1.82) is 0 Å². The summed E-state index contributed by atoms with van der Waals surface area (Å²) in [5, 5.41) is 12.1. The highest BCUT2D eigenvalue weighted by atomic mass is 16.5. The lowest BCUT2D eigenvalue weighted by Crippen LogP contribution is -2.41. The molecule has 1 aliphatic rings. The van der Waals surface area contributed by atoms with E-state index in [4.69, 9.17) is 4.74 Å². The van der Waals surface area contributed by atoms with E-state index in [1.165, 1.54) is 0 Å². The van der Waals surface area contributed by atoms with Crippen molar-refractivity contribution in [2.75, 3.05) is 19.6 Å². The Morgan fingerprint density at radius 1 is 1.14 bits per heavy atom. The molecule has 2 N–H and O–H groups in total. The summed E-state index contributed by atoms with van der Waals surface area (Å²) in [5.41, 5.74) is 1.34. The lowest BCUT2D eigenvalue weighted by molar-refractivity contribution is -0.147. The lowest BCUT2D eigenvalue weighted by Gasteiger charge is -2.20. The number of ether oxygens (including phenoxy) is 1. The first-order valence-corrected chi connectivity index (χ1v) is 9.48. The zero-order valence-corrected chi connectivity index (χ0v) is 16.1. The third-order valence-corrected chi connectivity index (χ3v) is 5.11. The van der Waals surface area contributed by atoms with Crippen LogP contribution in [0.3, 0.4) is 0 Å². The van der Waals surface area contributed by atoms with E-state index in [1.54, 1.807) is 11.8 Å². The van der Waals surface area contributed by atoms with Crippen molar-refractivity contribution in [2.45, 2.75) is 26.4 Å². The molecule has 28 heavy (non-hydrogen) atoms. The number of carboxylic acid groups (broad SMARTS) is 1. The molecule has 0 aliphatic carbocycles. The monoisotopic (exact) mass is 382 g/mol. The van der Waals surface area contributed by atoms with Crippen LogP contribution in [0.15, 0.2) is 54.6 Å². The second-order valence-corrected chi connectivity index (χ2v) is 7.44. The first-order chi connectivity index (χ1) is 13.5. The molecule has 2 aromatic carbocycles. The number of hydrogen-bond acceptors (Lipinski definition) is 3. The summed E-state index contributed by atoms with van der Waals surface area (Å²) in [5.74, 6) is -0.0560. The summed E-state index contributed by atoms with van der Waals surface area (Å²) in [6.45, 7) is 3.40. The second kappa shape index (κ2) is 8.78. The Bertz CT molecular complexity index is 824. The molecule has 1 unspecified atom stereocenters. The van der Waals surface area contributed by atoms with Gasteiger partial charge in [0.1, 0.15) is 12.4 Å². The third-order valence-electron chi connectivity index (χ3n) is 5.11. The average molecular weight is 382 g/mol. The van der Waals surface area contributed by atoms with Gasteiger partial charge in [0.15, 0.2) is 0 Å². The van der Waals surface area contributed by atoms with Crippen molar-refractivity contribution in [3.63, 3.8) is 0 Å². The van der Waals surface area contributed by atoms with E-state index >= 15 is 0 Å². The van der Waals surface area contributed by atoms with Crippen molar-refractivity contribution in [1.82, 2.24) is 10.2 Å². The molecule has 0 bridgehead atoms. The summed E-state index contributed by atoms with van der Waals surface area (Å²) >= 11 is 0. The fraction of sp³-hybridized carbons (Fsp3) is 0.364. The van der Waals surface area contributed by atoms with Crippen LogP contribution in [0, 0.1) is 5.41 Å². The smallest absolute Gasteiger partial charge is 0.317 e. The average Bonchev–Trinajstić information content (AvgIpc) is 3.11. The summed E-state index contributed by atoms with van der Waals surface area (Å²) in [6.07, 6.45) is 1.16. The molecule has 0 radical (unpaired) electrons. The van der Waals surface area contributed by atoms with Gasteiger partial charge in [-0.2, -0.15) is 0 Å². The van der Waals surface area contributed by atoms with Gasteiger partial charge in [-0.05, 0) is 43.0 Å². The number of amides is 2. The molecule has 6 heteroatoms. The number of carbonyl (C=O) groups excluding carboxylic acids is 1. The van der Waals surface area contributed by atoms with E-state index in [9.17, 15) is 14.7 Å².